The van der Waals surface area contributed by atoms with Crippen LogP contribution in [0.4, 0.5) is 0 Å². The zero-order valence-electron chi connectivity index (χ0n) is 9.90. The van der Waals surface area contributed by atoms with Gasteiger partial charge in [-0.2, -0.15) is 0 Å². The van der Waals surface area contributed by atoms with Gasteiger partial charge >= 0.3 is 5.97 Å². The van der Waals surface area contributed by atoms with Crippen LogP contribution in [0.1, 0.15) is 11.1 Å². The third-order valence-electron chi connectivity index (χ3n) is 2.77. The summed E-state index contributed by atoms with van der Waals surface area (Å²) in [6, 6.07) is 7.58. The lowest BCUT2D eigenvalue weighted by atomic mass is 10.0. The molecule has 4 heteroatoms. The lowest BCUT2D eigenvalue weighted by Crippen LogP contribution is -2.25. The highest BCUT2D eigenvalue weighted by molar-refractivity contribution is 5.92. The number of carboxylic acids is 1. The van der Waals surface area contributed by atoms with Gasteiger partial charge in [-0.1, -0.05) is 30.8 Å². The number of dihydropyridines is 1. The van der Waals surface area contributed by atoms with Crippen LogP contribution in [0, 0.1) is 6.92 Å². The molecule has 1 heterocycles. The van der Waals surface area contributed by atoms with E-state index in [4.69, 9.17) is 5.11 Å². The molecular weight excluding hydrogens is 230 g/mol. The fourth-order valence-electron chi connectivity index (χ4n) is 1.81. The van der Waals surface area contributed by atoms with Gasteiger partial charge in [0.1, 0.15) is 0 Å². The third kappa shape index (κ3) is 2.00. The molecule has 0 unspecified atom stereocenters. The van der Waals surface area contributed by atoms with Gasteiger partial charge < -0.3 is 15.5 Å². The highest BCUT2D eigenvalue weighted by Gasteiger charge is 2.22. The quantitative estimate of drug-likeness (QED) is 0.745. The van der Waals surface area contributed by atoms with E-state index < -0.39 is 5.97 Å². The molecule has 3 N–H and O–H groups in total. The maximum atomic E-state index is 11.0. The van der Waals surface area contributed by atoms with Gasteiger partial charge in [-0.3, -0.25) is 0 Å². The fourth-order valence-corrected chi connectivity index (χ4v) is 1.81. The van der Waals surface area contributed by atoms with Gasteiger partial charge in [0.15, 0.2) is 11.5 Å². The smallest absolute Gasteiger partial charge is 0.356 e. The highest BCUT2D eigenvalue weighted by Crippen LogP contribution is 2.26. The van der Waals surface area contributed by atoms with Crippen LogP contribution in [0.15, 0.2) is 53.9 Å². The van der Waals surface area contributed by atoms with E-state index in [1.165, 1.54) is 0 Å². The summed E-state index contributed by atoms with van der Waals surface area (Å²) in [5.41, 5.74) is 2.54. The molecule has 0 radical (unpaired) electrons. The van der Waals surface area contributed by atoms with Crippen molar-refractivity contribution < 1.29 is 15.0 Å². The molecule has 1 aliphatic rings. The lowest BCUT2D eigenvalue weighted by molar-refractivity contribution is -0.133. The molecular formula is C14H13NO3. The molecule has 92 valence electrons. The Morgan fingerprint density at radius 3 is 2.61 bits per heavy atom. The molecule has 4 nitrogen and oxygen atoms in total. The summed E-state index contributed by atoms with van der Waals surface area (Å²) in [4.78, 5) is 11.0. The summed E-state index contributed by atoms with van der Waals surface area (Å²) in [5, 5.41) is 21.4. The van der Waals surface area contributed by atoms with E-state index in [1.54, 1.807) is 6.08 Å². The molecule has 0 bridgehead atoms. The number of nitrogens with one attached hydrogen (secondary N) is 1. The van der Waals surface area contributed by atoms with Gasteiger partial charge in [-0.05, 0) is 18.6 Å². The second-order valence-corrected chi connectivity index (χ2v) is 4.05. The number of rotatable bonds is 2. The summed E-state index contributed by atoms with van der Waals surface area (Å²) >= 11 is 0. The standard InChI is InChI=1S/C14H13NO3/c1-8-5-3-4-6-10(8)11-7-9(2)13(16)12(15-11)14(17)18/h3-7,15-16H,2H2,1H3,(H,17,18). The first-order chi connectivity index (χ1) is 8.50. The maximum absolute atomic E-state index is 11.0. The number of hydrogen-bond donors (Lipinski definition) is 3. The van der Waals surface area contributed by atoms with Gasteiger partial charge in [0, 0.05) is 16.8 Å². The van der Waals surface area contributed by atoms with Crippen molar-refractivity contribution in [1.82, 2.24) is 5.32 Å². The summed E-state index contributed by atoms with van der Waals surface area (Å²) in [7, 11) is 0. The second kappa shape index (κ2) is 4.41. The van der Waals surface area contributed by atoms with Gasteiger partial charge in [0.05, 0.1) is 0 Å². The first kappa shape index (κ1) is 12.0. The summed E-state index contributed by atoms with van der Waals surface area (Å²) in [6.45, 7) is 5.58. The molecule has 0 saturated heterocycles. The Bertz CT molecular complexity index is 597. The Kier molecular flexibility index (Phi) is 2.93. The van der Waals surface area contributed by atoms with Crippen LogP contribution < -0.4 is 5.32 Å². The minimum Gasteiger partial charge on any atom is -0.505 e. The molecule has 0 amide bonds. The number of carboxylic acid groups (broad SMARTS) is 1. The summed E-state index contributed by atoms with van der Waals surface area (Å²) in [5.74, 6) is -1.55. The van der Waals surface area contributed by atoms with E-state index in [-0.39, 0.29) is 17.0 Å². The van der Waals surface area contributed by atoms with Gasteiger partial charge in [-0.25, -0.2) is 4.79 Å². The number of aliphatic carboxylic acids is 1. The fraction of sp³-hybridized carbons (Fsp3) is 0.0714. The molecule has 0 fully saturated rings. The average molecular weight is 243 g/mol. The SMILES string of the molecule is C=C1C=C(c2ccccc2C)NC(C(=O)O)=C1O. The Morgan fingerprint density at radius 1 is 1.33 bits per heavy atom. The van der Waals surface area contributed by atoms with Gasteiger partial charge in [0.2, 0.25) is 0 Å². The largest absolute Gasteiger partial charge is 0.505 e. The Hall–Kier alpha value is -2.49. The van der Waals surface area contributed by atoms with E-state index >= 15 is 0 Å². The molecule has 0 spiro atoms. The predicted octanol–water partition coefficient (Wildman–Crippen LogP) is 2.35. The maximum Gasteiger partial charge on any atom is 0.356 e. The number of aliphatic hydroxyl groups is 1. The zero-order chi connectivity index (χ0) is 13.3. The molecule has 0 aliphatic carbocycles. The van der Waals surface area contributed by atoms with Crippen molar-refractivity contribution in [3.8, 4) is 0 Å². The zero-order valence-corrected chi connectivity index (χ0v) is 9.90. The van der Waals surface area contributed by atoms with Crippen molar-refractivity contribution in [3.63, 3.8) is 0 Å². The lowest BCUT2D eigenvalue weighted by Gasteiger charge is -2.20. The van der Waals surface area contributed by atoms with Crippen molar-refractivity contribution in [2.75, 3.05) is 0 Å². The Morgan fingerprint density at radius 2 is 2.00 bits per heavy atom. The minimum atomic E-state index is -1.21. The number of allylic oxidation sites excluding steroid dienone is 1. The molecule has 0 saturated carbocycles. The normalized spacial score (nSPS) is 15.2. The van der Waals surface area contributed by atoms with E-state index in [9.17, 15) is 9.90 Å². The Labute approximate surface area is 105 Å². The highest BCUT2D eigenvalue weighted by atomic mass is 16.4. The summed E-state index contributed by atoms with van der Waals surface area (Å²) in [6.07, 6.45) is 1.63. The van der Waals surface area contributed by atoms with Crippen molar-refractivity contribution in [3.05, 3.63) is 65.1 Å². The van der Waals surface area contributed by atoms with Crippen molar-refractivity contribution in [2.24, 2.45) is 0 Å². The van der Waals surface area contributed by atoms with Crippen molar-refractivity contribution in [1.29, 1.82) is 0 Å². The van der Waals surface area contributed by atoms with Crippen molar-refractivity contribution >= 4 is 11.7 Å². The first-order valence-corrected chi connectivity index (χ1v) is 5.41. The first-order valence-electron chi connectivity index (χ1n) is 5.41. The number of benzene rings is 1. The number of aliphatic hydroxyl groups excluding tert-OH is 1. The van der Waals surface area contributed by atoms with E-state index in [2.05, 4.69) is 11.9 Å². The third-order valence-corrected chi connectivity index (χ3v) is 2.77. The van der Waals surface area contributed by atoms with E-state index in [0.29, 0.717) is 5.70 Å². The number of aryl methyl sites for hydroxylation is 1. The second-order valence-electron chi connectivity index (χ2n) is 4.05. The van der Waals surface area contributed by atoms with Crippen LogP contribution in [-0.2, 0) is 4.79 Å². The average Bonchev–Trinajstić information content (AvgIpc) is 2.33. The van der Waals surface area contributed by atoms with Gasteiger partial charge in [0.25, 0.3) is 0 Å². The van der Waals surface area contributed by atoms with E-state index in [0.717, 1.165) is 11.1 Å². The molecule has 1 aliphatic heterocycles. The van der Waals surface area contributed by atoms with Crippen LogP contribution >= 0.6 is 0 Å². The minimum absolute atomic E-state index is 0.249. The number of hydrogen-bond acceptors (Lipinski definition) is 3. The van der Waals surface area contributed by atoms with Crippen LogP contribution in [0.3, 0.4) is 0 Å². The number of carbonyl (C=O) groups is 1. The summed E-state index contributed by atoms with van der Waals surface area (Å²) < 4.78 is 0. The molecule has 18 heavy (non-hydrogen) atoms. The van der Waals surface area contributed by atoms with E-state index in [1.807, 2.05) is 31.2 Å². The molecule has 2 rings (SSSR count). The van der Waals surface area contributed by atoms with Crippen LogP contribution in [0.5, 0.6) is 0 Å². The van der Waals surface area contributed by atoms with Crippen LogP contribution in [0.25, 0.3) is 5.70 Å². The topological polar surface area (TPSA) is 69.6 Å². The van der Waals surface area contributed by atoms with Crippen molar-refractivity contribution in [2.45, 2.75) is 6.92 Å². The monoisotopic (exact) mass is 243 g/mol. The Balaban J connectivity index is 2.45. The van der Waals surface area contributed by atoms with Gasteiger partial charge in [-0.15, -0.1) is 0 Å². The molecule has 1 aromatic carbocycles. The van der Waals surface area contributed by atoms with Crippen LogP contribution in [-0.4, -0.2) is 16.2 Å². The molecule has 1 aromatic rings. The molecule has 0 aromatic heterocycles. The van der Waals surface area contributed by atoms with Crippen LogP contribution in [0.2, 0.25) is 0 Å². The predicted molar refractivity (Wildman–Crippen MR) is 68.7 cm³/mol. The molecule has 0 atom stereocenters.